The molecule has 0 saturated carbocycles. The van der Waals surface area contributed by atoms with Gasteiger partial charge in [-0.25, -0.2) is 9.97 Å². The summed E-state index contributed by atoms with van der Waals surface area (Å²) in [6.07, 6.45) is 0.672. The first-order chi connectivity index (χ1) is 10.2. The summed E-state index contributed by atoms with van der Waals surface area (Å²) in [4.78, 5) is 9.28. The Kier molecular flexibility index (Phi) is 4.26. The fourth-order valence-corrected chi connectivity index (χ4v) is 3.44. The molecule has 0 radical (unpaired) electrons. The predicted molar refractivity (Wildman–Crippen MR) is 87.3 cm³/mol. The SMILES string of the molecule is OC(CNc1ncnc2sccc12)c1c(Cl)cccc1Cl. The summed E-state index contributed by atoms with van der Waals surface area (Å²) in [5.41, 5.74) is 0.518. The summed E-state index contributed by atoms with van der Waals surface area (Å²) in [5, 5.41) is 17.2. The van der Waals surface area contributed by atoms with Crippen LogP contribution >= 0.6 is 34.5 Å². The van der Waals surface area contributed by atoms with Gasteiger partial charge in [0.05, 0.1) is 11.5 Å². The lowest BCUT2D eigenvalue weighted by Crippen LogP contribution is -2.14. The van der Waals surface area contributed by atoms with Gasteiger partial charge in [0, 0.05) is 22.2 Å². The average Bonchev–Trinajstić information content (AvgIpc) is 2.93. The Morgan fingerprint density at radius 3 is 2.71 bits per heavy atom. The van der Waals surface area contributed by atoms with E-state index in [1.54, 1.807) is 29.5 Å². The van der Waals surface area contributed by atoms with Gasteiger partial charge in [-0.05, 0) is 23.6 Å². The number of rotatable bonds is 4. The first kappa shape index (κ1) is 14.5. The van der Waals surface area contributed by atoms with Crippen LogP contribution in [0.15, 0.2) is 36.0 Å². The zero-order chi connectivity index (χ0) is 14.8. The fraction of sp³-hybridized carbons (Fsp3) is 0.143. The minimum Gasteiger partial charge on any atom is -0.386 e. The molecule has 0 spiro atoms. The van der Waals surface area contributed by atoms with Gasteiger partial charge < -0.3 is 10.4 Å². The molecule has 2 aromatic heterocycles. The van der Waals surface area contributed by atoms with E-state index in [1.807, 2.05) is 11.4 Å². The fourth-order valence-electron chi connectivity index (χ4n) is 2.06. The number of aliphatic hydroxyl groups is 1. The van der Waals surface area contributed by atoms with E-state index in [0.29, 0.717) is 21.4 Å². The van der Waals surface area contributed by atoms with Crippen LogP contribution in [0.2, 0.25) is 10.0 Å². The molecular formula is C14H11Cl2N3OS. The molecule has 0 saturated heterocycles. The van der Waals surface area contributed by atoms with Gasteiger partial charge in [0.2, 0.25) is 0 Å². The molecule has 2 N–H and O–H groups in total. The maximum Gasteiger partial charge on any atom is 0.138 e. The zero-order valence-electron chi connectivity index (χ0n) is 10.8. The van der Waals surface area contributed by atoms with E-state index in [0.717, 1.165) is 10.2 Å². The average molecular weight is 340 g/mol. The van der Waals surface area contributed by atoms with Crippen LogP contribution in [-0.4, -0.2) is 21.6 Å². The Labute approximate surface area is 135 Å². The molecule has 0 aliphatic carbocycles. The van der Waals surface area contributed by atoms with Gasteiger partial charge in [-0.1, -0.05) is 29.3 Å². The molecule has 0 amide bonds. The molecule has 4 nitrogen and oxygen atoms in total. The highest BCUT2D eigenvalue weighted by Crippen LogP contribution is 2.31. The summed E-state index contributed by atoms with van der Waals surface area (Å²) in [7, 11) is 0. The topological polar surface area (TPSA) is 58.0 Å². The molecular weight excluding hydrogens is 329 g/mol. The third-order valence-corrected chi connectivity index (χ3v) is 4.54. The molecule has 2 heterocycles. The summed E-state index contributed by atoms with van der Waals surface area (Å²) in [5.74, 6) is 0.684. The monoisotopic (exact) mass is 339 g/mol. The first-order valence-corrected chi connectivity index (χ1v) is 7.84. The third-order valence-electron chi connectivity index (χ3n) is 3.06. The number of nitrogens with zero attached hydrogens (tertiary/aromatic N) is 2. The van der Waals surface area contributed by atoms with E-state index in [4.69, 9.17) is 23.2 Å². The second-order valence-electron chi connectivity index (χ2n) is 4.39. The van der Waals surface area contributed by atoms with E-state index in [9.17, 15) is 5.11 Å². The van der Waals surface area contributed by atoms with Crippen LogP contribution in [-0.2, 0) is 0 Å². The summed E-state index contributed by atoms with van der Waals surface area (Å²) in [6.45, 7) is 0.255. The molecule has 0 bridgehead atoms. The molecule has 3 aromatic rings. The van der Waals surface area contributed by atoms with Crippen molar-refractivity contribution in [3.05, 3.63) is 51.6 Å². The molecule has 0 aliphatic heterocycles. The van der Waals surface area contributed by atoms with Gasteiger partial charge in [0.25, 0.3) is 0 Å². The van der Waals surface area contributed by atoms with Gasteiger partial charge in [0.15, 0.2) is 0 Å². The largest absolute Gasteiger partial charge is 0.386 e. The van der Waals surface area contributed by atoms with Crippen LogP contribution in [0.5, 0.6) is 0 Å². The van der Waals surface area contributed by atoms with E-state index < -0.39 is 6.10 Å². The number of halogens is 2. The van der Waals surface area contributed by atoms with Gasteiger partial charge in [-0.3, -0.25) is 0 Å². The van der Waals surface area contributed by atoms with E-state index in [1.165, 1.54) is 6.33 Å². The van der Waals surface area contributed by atoms with Crippen LogP contribution in [0.25, 0.3) is 10.2 Å². The van der Waals surface area contributed by atoms with Crippen molar-refractivity contribution in [3.8, 4) is 0 Å². The lowest BCUT2D eigenvalue weighted by Gasteiger charge is -2.15. The van der Waals surface area contributed by atoms with Crippen LogP contribution in [0.3, 0.4) is 0 Å². The Hall–Kier alpha value is -1.40. The lowest BCUT2D eigenvalue weighted by atomic mass is 10.1. The number of thiophene rings is 1. The molecule has 1 unspecified atom stereocenters. The molecule has 1 aromatic carbocycles. The van der Waals surface area contributed by atoms with Gasteiger partial charge in [0.1, 0.15) is 17.0 Å². The number of aromatic nitrogens is 2. The molecule has 1 atom stereocenters. The number of anilines is 1. The van der Waals surface area contributed by atoms with Crippen LogP contribution in [0.1, 0.15) is 11.7 Å². The van der Waals surface area contributed by atoms with E-state index in [-0.39, 0.29) is 6.54 Å². The molecule has 0 fully saturated rings. The smallest absolute Gasteiger partial charge is 0.138 e. The van der Waals surface area contributed by atoms with Crippen LogP contribution in [0.4, 0.5) is 5.82 Å². The van der Waals surface area contributed by atoms with Crippen molar-refractivity contribution in [2.75, 3.05) is 11.9 Å². The Balaban J connectivity index is 1.80. The predicted octanol–water partition coefficient (Wildman–Crippen LogP) is 4.14. The number of aliphatic hydroxyl groups excluding tert-OH is 1. The number of benzene rings is 1. The van der Waals surface area contributed by atoms with Crippen molar-refractivity contribution in [2.24, 2.45) is 0 Å². The summed E-state index contributed by atoms with van der Waals surface area (Å²) >= 11 is 13.7. The highest BCUT2D eigenvalue weighted by atomic mass is 35.5. The second kappa shape index (κ2) is 6.15. The Bertz CT molecular complexity index is 758. The molecule has 108 valence electrons. The number of nitrogens with one attached hydrogen (secondary N) is 1. The quantitative estimate of drug-likeness (QED) is 0.749. The van der Waals surface area contributed by atoms with Crippen molar-refractivity contribution in [1.82, 2.24) is 9.97 Å². The van der Waals surface area contributed by atoms with Gasteiger partial charge in [-0.2, -0.15) is 0 Å². The highest BCUT2D eigenvalue weighted by molar-refractivity contribution is 7.16. The number of fused-ring (bicyclic) bond motifs is 1. The van der Waals surface area contributed by atoms with Crippen molar-refractivity contribution in [1.29, 1.82) is 0 Å². The minimum atomic E-state index is -0.824. The summed E-state index contributed by atoms with van der Waals surface area (Å²) in [6, 6.07) is 7.09. The van der Waals surface area contributed by atoms with Gasteiger partial charge in [-0.15, -0.1) is 11.3 Å². The van der Waals surface area contributed by atoms with E-state index >= 15 is 0 Å². The Morgan fingerprint density at radius 2 is 1.95 bits per heavy atom. The molecule has 7 heteroatoms. The highest BCUT2D eigenvalue weighted by Gasteiger charge is 2.16. The standard InChI is InChI=1S/C14H11Cl2N3OS/c15-9-2-1-3-10(16)12(9)11(20)6-17-13-8-4-5-21-14(8)19-7-18-13/h1-5,7,11,20H,6H2,(H,17,18,19). The second-order valence-corrected chi connectivity index (χ2v) is 6.10. The van der Waals surface area contributed by atoms with Crippen LogP contribution in [0, 0.1) is 0 Å². The van der Waals surface area contributed by atoms with Crippen molar-refractivity contribution < 1.29 is 5.11 Å². The number of hydrogen-bond donors (Lipinski definition) is 2. The molecule has 0 aliphatic rings. The van der Waals surface area contributed by atoms with Crippen molar-refractivity contribution >= 4 is 50.6 Å². The maximum absolute atomic E-state index is 10.3. The van der Waals surface area contributed by atoms with Crippen molar-refractivity contribution in [3.63, 3.8) is 0 Å². The first-order valence-electron chi connectivity index (χ1n) is 6.21. The normalized spacial score (nSPS) is 12.5. The maximum atomic E-state index is 10.3. The van der Waals surface area contributed by atoms with Crippen molar-refractivity contribution in [2.45, 2.75) is 6.10 Å². The molecule has 21 heavy (non-hydrogen) atoms. The lowest BCUT2D eigenvalue weighted by molar-refractivity contribution is 0.192. The minimum absolute atomic E-state index is 0.255. The van der Waals surface area contributed by atoms with E-state index in [2.05, 4.69) is 15.3 Å². The molecule has 3 rings (SSSR count). The zero-order valence-corrected chi connectivity index (χ0v) is 13.1. The van der Waals surface area contributed by atoms with Gasteiger partial charge >= 0.3 is 0 Å². The third kappa shape index (κ3) is 2.96. The number of hydrogen-bond acceptors (Lipinski definition) is 5. The van der Waals surface area contributed by atoms with Crippen LogP contribution < -0.4 is 5.32 Å². The Morgan fingerprint density at radius 1 is 1.19 bits per heavy atom. The summed E-state index contributed by atoms with van der Waals surface area (Å²) < 4.78 is 0.